The molecule has 0 radical (unpaired) electrons. The van der Waals surface area contributed by atoms with Gasteiger partial charge in [0.15, 0.2) is 5.76 Å². The second kappa shape index (κ2) is 5.80. The van der Waals surface area contributed by atoms with Crippen LogP contribution in [0.4, 0.5) is 0 Å². The summed E-state index contributed by atoms with van der Waals surface area (Å²) in [6.45, 7) is 0.504. The van der Waals surface area contributed by atoms with Crippen LogP contribution in [0.25, 0.3) is 11.3 Å². The normalized spacial score (nSPS) is 12.4. The summed E-state index contributed by atoms with van der Waals surface area (Å²) >= 11 is 0. The van der Waals surface area contributed by atoms with Crippen LogP contribution in [0.2, 0.25) is 0 Å². The van der Waals surface area contributed by atoms with Crippen molar-refractivity contribution in [3.63, 3.8) is 0 Å². The van der Waals surface area contributed by atoms with Gasteiger partial charge in [-0.2, -0.15) is 0 Å². The molecule has 1 aliphatic carbocycles. The van der Waals surface area contributed by atoms with Gasteiger partial charge in [0.2, 0.25) is 0 Å². The molecule has 2 aromatic carbocycles. The number of methoxy groups -OCH3 is 1. The Morgan fingerprint density at radius 2 is 1.91 bits per heavy atom. The number of hydrogen-bond acceptors (Lipinski definition) is 4. The number of benzene rings is 2. The van der Waals surface area contributed by atoms with Crippen molar-refractivity contribution in [2.45, 2.75) is 19.4 Å². The lowest BCUT2D eigenvalue weighted by Crippen LogP contribution is -2.06. The van der Waals surface area contributed by atoms with E-state index in [0.29, 0.717) is 6.61 Å². The Morgan fingerprint density at radius 3 is 2.74 bits per heavy atom. The third-order valence-electron chi connectivity index (χ3n) is 4.17. The Kier molecular flexibility index (Phi) is 3.50. The minimum Gasteiger partial charge on any atom is -0.497 e. The van der Waals surface area contributed by atoms with E-state index in [-0.39, 0.29) is 0 Å². The molecule has 4 heteroatoms. The van der Waals surface area contributed by atoms with E-state index >= 15 is 0 Å². The van der Waals surface area contributed by atoms with E-state index in [1.165, 1.54) is 5.56 Å². The lowest BCUT2D eigenvalue weighted by atomic mass is 9.90. The number of hydrogen-bond donors (Lipinski definition) is 0. The van der Waals surface area contributed by atoms with Gasteiger partial charge in [-0.25, -0.2) is 0 Å². The van der Waals surface area contributed by atoms with Gasteiger partial charge < -0.3 is 14.0 Å². The van der Waals surface area contributed by atoms with Crippen molar-refractivity contribution in [1.29, 1.82) is 0 Å². The van der Waals surface area contributed by atoms with E-state index in [1.54, 1.807) is 13.3 Å². The standard InChI is InChI=1S/C19H17NO3/c1-21-16-9-14-7-8-15-11-20-23-19(15)18(14)17(10-16)22-12-13-5-3-2-4-6-13/h2-6,9-11H,7-8,12H2,1H3. The molecule has 1 aromatic heterocycles. The van der Waals surface area contributed by atoms with E-state index in [0.717, 1.165) is 46.8 Å². The van der Waals surface area contributed by atoms with E-state index in [9.17, 15) is 0 Å². The summed E-state index contributed by atoms with van der Waals surface area (Å²) in [5.74, 6) is 2.40. The van der Waals surface area contributed by atoms with Gasteiger partial charge in [0.25, 0.3) is 0 Å². The molecule has 0 N–H and O–H groups in total. The van der Waals surface area contributed by atoms with Gasteiger partial charge in [-0.3, -0.25) is 0 Å². The van der Waals surface area contributed by atoms with Gasteiger partial charge in [0.05, 0.1) is 18.9 Å². The molecule has 1 heterocycles. The van der Waals surface area contributed by atoms with Crippen molar-refractivity contribution in [3.8, 4) is 22.8 Å². The van der Waals surface area contributed by atoms with Gasteiger partial charge >= 0.3 is 0 Å². The minimum atomic E-state index is 0.504. The number of aromatic nitrogens is 1. The molecule has 0 amide bonds. The Labute approximate surface area is 134 Å². The van der Waals surface area contributed by atoms with Crippen molar-refractivity contribution < 1.29 is 14.0 Å². The summed E-state index contributed by atoms with van der Waals surface area (Å²) in [4.78, 5) is 0. The molecular weight excluding hydrogens is 290 g/mol. The molecule has 4 rings (SSSR count). The molecule has 3 aromatic rings. The molecular formula is C19H17NO3. The predicted molar refractivity (Wildman–Crippen MR) is 86.7 cm³/mol. The predicted octanol–water partition coefficient (Wildman–Crippen LogP) is 4.03. The van der Waals surface area contributed by atoms with Crippen LogP contribution < -0.4 is 9.47 Å². The zero-order chi connectivity index (χ0) is 15.6. The van der Waals surface area contributed by atoms with Gasteiger partial charge in [0, 0.05) is 11.6 Å². The quantitative estimate of drug-likeness (QED) is 0.730. The molecule has 116 valence electrons. The van der Waals surface area contributed by atoms with Crippen LogP contribution in [0.5, 0.6) is 11.5 Å². The highest BCUT2D eigenvalue weighted by atomic mass is 16.5. The molecule has 0 saturated heterocycles. The molecule has 0 aliphatic heterocycles. The smallest absolute Gasteiger partial charge is 0.174 e. The first kappa shape index (κ1) is 13.9. The molecule has 0 bridgehead atoms. The van der Waals surface area contributed by atoms with Crippen LogP contribution in [0.15, 0.2) is 53.2 Å². The fourth-order valence-electron chi connectivity index (χ4n) is 2.98. The number of rotatable bonds is 4. The van der Waals surface area contributed by atoms with Crippen LogP contribution in [-0.2, 0) is 19.4 Å². The first-order chi connectivity index (χ1) is 11.3. The summed E-state index contributed by atoms with van der Waals surface area (Å²) in [5.41, 5.74) is 4.43. The Balaban J connectivity index is 1.74. The number of aryl methyl sites for hydroxylation is 2. The Bertz CT molecular complexity index is 824. The van der Waals surface area contributed by atoms with Crippen LogP contribution in [-0.4, -0.2) is 12.3 Å². The summed E-state index contributed by atoms with van der Waals surface area (Å²) < 4.78 is 17.0. The summed E-state index contributed by atoms with van der Waals surface area (Å²) in [6.07, 6.45) is 3.66. The average molecular weight is 307 g/mol. The molecule has 23 heavy (non-hydrogen) atoms. The van der Waals surface area contributed by atoms with E-state index in [1.807, 2.05) is 36.4 Å². The largest absolute Gasteiger partial charge is 0.497 e. The van der Waals surface area contributed by atoms with Crippen LogP contribution in [0.3, 0.4) is 0 Å². The maximum absolute atomic E-state index is 6.09. The molecule has 4 nitrogen and oxygen atoms in total. The summed E-state index contributed by atoms with van der Waals surface area (Å²) in [7, 11) is 1.67. The second-order valence-corrected chi connectivity index (χ2v) is 5.61. The summed E-state index contributed by atoms with van der Waals surface area (Å²) in [6, 6.07) is 14.1. The van der Waals surface area contributed by atoms with E-state index < -0.39 is 0 Å². The number of nitrogens with zero attached hydrogens (tertiary/aromatic N) is 1. The van der Waals surface area contributed by atoms with Gasteiger partial charge in [-0.1, -0.05) is 35.5 Å². The SMILES string of the molecule is COc1cc2c(c(OCc3ccccc3)c1)-c1oncc1CC2. The molecule has 0 spiro atoms. The minimum absolute atomic E-state index is 0.504. The van der Waals surface area contributed by atoms with Gasteiger partial charge in [-0.15, -0.1) is 0 Å². The molecule has 0 unspecified atom stereocenters. The highest BCUT2D eigenvalue weighted by molar-refractivity contribution is 5.75. The zero-order valence-corrected chi connectivity index (χ0v) is 12.9. The van der Waals surface area contributed by atoms with Crippen LogP contribution in [0.1, 0.15) is 16.7 Å². The number of ether oxygens (including phenoxy) is 2. The first-order valence-electron chi connectivity index (χ1n) is 7.66. The van der Waals surface area contributed by atoms with E-state index in [2.05, 4.69) is 11.2 Å². The van der Waals surface area contributed by atoms with Crippen molar-refractivity contribution in [2.24, 2.45) is 0 Å². The van der Waals surface area contributed by atoms with Crippen molar-refractivity contribution in [3.05, 3.63) is 65.4 Å². The van der Waals surface area contributed by atoms with Crippen molar-refractivity contribution >= 4 is 0 Å². The van der Waals surface area contributed by atoms with E-state index in [4.69, 9.17) is 14.0 Å². The topological polar surface area (TPSA) is 44.5 Å². The average Bonchev–Trinajstić information content (AvgIpc) is 3.09. The lowest BCUT2D eigenvalue weighted by Gasteiger charge is -2.19. The molecule has 0 atom stereocenters. The third kappa shape index (κ3) is 2.57. The second-order valence-electron chi connectivity index (χ2n) is 5.61. The van der Waals surface area contributed by atoms with Crippen LogP contribution in [0, 0.1) is 0 Å². The van der Waals surface area contributed by atoms with Crippen molar-refractivity contribution in [2.75, 3.05) is 7.11 Å². The zero-order valence-electron chi connectivity index (χ0n) is 12.9. The van der Waals surface area contributed by atoms with Crippen molar-refractivity contribution in [1.82, 2.24) is 5.16 Å². The Hall–Kier alpha value is -2.75. The molecule has 0 fully saturated rings. The first-order valence-corrected chi connectivity index (χ1v) is 7.66. The van der Waals surface area contributed by atoms with Crippen LogP contribution >= 0.6 is 0 Å². The fraction of sp³-hybridized carbons (Fsp3) is 0.211. The fourth-order valence-corrected chi connectivity index (χ4v) is 2.98. The molecule has 1 aliphatic rings. The third-order valence-corrected chi connectivity index (χ3v) is 4.17. The van der Waals surface area contributed by atoms with Gasteiger partial charge in [0.1, 0.15) is 18.1 Å². The highest BCUT2D eigenvalue weighted by Crippen LogP contribution is 2.42. The monoisotopic (exact) mass is 307 g/mol. The molecule has 0 saturated carbocycles. The van der Waals surface area contributed by atoms with Gasteiger partial charge in [-0.05, 0) is 30.0 Å². The Morgan fingerprint density at radius 1 is 1.09 bits per heavy atom. The number of fused-ring (bicyclic) bond motifs is 3. The maximum Gasteiger partial charge on any atom is 0.174 e. The summed E-state index contributed by atoms with van der Waals surface area (Å²) in [5, 5.41) is 3.94. The maximum atomic E-state index is 6.09. The lowest BCUT2D eigenvalue weighted by molar-refractivity contribution is 0.303. The highest BCUT2D eigenvalue weighted by Gasteiger charge is 2.25.